The van der Waals surface area contributed by atoms with Crippen molar-refractivity contribution in [2.24, 2.45) is 11.8 Å². The molecule has 0 saturated carbocycles. The van der Waals surface area contributed by atoms with E-state index in [-0.39, 0.29) is 0 Å². The summed E-state index contributed by atoms with van der Waals surface area (Å²) in [6.07, 6.45) is 3.67. The molecule has 1 aromatic rings. The van der Waals surface area contributed by atoms with Gasteiger partial charge in [-0.1, -0.05) is 30.3 Å². The summed E-state index contributed by atoms with van der Waals surface area (Å²) < 4.78 is 0. The lowest BCUT2D eigenvalue weighted by Gasteiger charge is -2.34. The van der Waals surface area contributed by atoms with Crippen LogP contribution in [-0.4, -0.2) is 17.6 Å². The number of nitrogens with two attached hydrogens (primary N) is 1. The van der Waals surface area contributed by atoms with E-state index in [1.165, 1.54) is 24.8 Å². The van der Waals surface area contributed by atoms with E-state index in [1.807, 2.05) is 5.01 Å². The van der Waals surface area contributed by atoms with Gasteiger partial charge in [-0.3, -0.25) is 5.84 Å². The van der Waals surface area contributed by atoms with Crippen molar-refractivity contribution in [2.75, 3.05) is 6.54 Å². The Kier molecular flexibility index (Phi) is 3.39. The van der Waals surface area contributed by atoms with Crippen molar-refractivity contribution in [1.82, 2.24) is 5.01 Å². The topological polar surface area (TPSA) is 29.3 Å². The van der Waals surface area contributed by atoms with Crippen LogP contribution >= 0.6 is 0 Å². The zero-order valence-corrected chi connectivity index (χ0v) is 9.39. The largest absolute Gasteiger partial charge is 0.269 e. The van der Waals surface area contributed by atoms with Crippen LogP contribution in [0.15, 0.2) is 30.3 Å². The number of rotatable bonds is 2. The van der Waals surface area contributed by atoms with Gasteiger partial charge in [-0.25, -0.2) is 5.01 Å². The summed E-state index contributed by atoms with van der Waals surface area (Å²) in [5.74, 6) is 6.67. The minimum absolute atomic E-state index is 0.535. The fourth-order valence-corrected chi connectivity index (χ4v) is 2.42. The van der Waals surface area contributed by atoms with Crippen LogP contribution in [0.5, 0.6) is 0 Å². The van der Waals surface area contributed by atoms with Gasteiger partial charge in [-0.2, -0.15) is 0 Å². The highest BCUT2D eigenvalue weighted by molar-refractivity contribution is 5.15. The normalized spacial score (nSPS) is 27.9. The fraction of sp³-hybridized carbons (Fsp3) is 0.538. The summed E-state index contributed by atoms with van der Waals surface area (Å²) in [6.45, 7) is 3.26. The molecule has 15 heavy (non-hydrogen) atoms. The summed E-state index contributed by atoms with van der Waals surface area (Å²) >= 11 is 0. The van der Waals surface area contributed by atoms with Crippen molar-refractivity contribution in [1.29, 1.82) is 0 Å². The van der Waals surface area contributed by atoms with Gasteiger partial charge in [0.2, 0.25) is 0 Å². The maximum Gasteiger partial charge on any atom is 0.0215 e. The van der Waals surface area contributed by atoms with Gasteiger partial charge in [0.1, 0.15) is 0 Å². The molecule has 0 amide bonds. The Morgan fingerprint density at radius 1 is 1.33 bits per heavy atom. The Morgan fingerprint density at radius 3 is 2.73 bits per heavy atom. The van der Waals surface area contributed by atoms with Crippen LogP contribution < -0.4 is 5.84 Å². The number of hydrogen-bond donors (Lipinski definition) is 1. The second kappa shape index (κ2) is 4.77. The predicted octanol–water partition coefficient (Wildman–Crippen LogP) is 2.20. The smallest absolute Gasteiger partial charge is 0.0215 e. The van der Waals surface area contributed by atoms with Gasteiger partial charge in [0, 0.05) is 12.6 Å². The van der Waals surface area contributed by atoms with Crippen LogP contribution in [0, 0.1) is 5.92 Å². The Morgan fingerprint density at radius 2 is 2.07 bits per heavy atom. The van der Waals surface area contributed by atoms with Crippen LogP contribution in [0.1, 0.15) is 25.3 Å². The molecule has 1 heterocycles. The highest BCUT2D eigenvalue weighted by Gasteiger charge is 2.23. The van der Waals surface area contributed by atoms with E-state index >= 15 is 0 Å². The van der Waals surface area contributed by atoms with Crippen LogP contribution in [0.2, 0.25) is 0 Å². The summed E-state index contributed by atoms with van der Waals surface area (Å²) in [7, 11) is 0. The molecule has 2 heteroatoms. The van der Waals surface area contributed by atoms with Crippen molar-refractivity contribution in [3.63, 3.8) is 0 Å². The average Bonchev–Trinajstić information content (AvgIpc) is 2.25. The maximum atomic E-state index is 5.87. The standard InChI is InChI=1S/C13H20N2/c1-11-9-13(7-8-15(11)14)10-12-5-3-2-4-6-12/h2-6,11,13H,7-10,14H2,1H3. The van der Waals surface area contributed by atoms with Crippen molar-refractivity contribution < 1.29 is 0 Å². The third-order valence-corrected chi connectivity index (χ3v) is 3.40. The van der Waals surface area contributed by atoms with Crippen LogP contribution in [0.25, 0.3) is 0 Å². The zero-order chi connectivity index (χ0) is 10.7. The zero-order valence-electron chi connectivity index (χ0n) is 9.39. The van der Waals surface area contributed by atoms with Gasteiger partial charge in [0.25, 0.3) is 0 Å². The number of nitrogens with zero attached hydrogens (tertiary/aromatic N) is 1. The number of benzene rings is 1. The number of hydrogen-bond acceptors (Lipinski definition) is 2. The molecule has 2 rings (SSSR count). The summed E-state index contributed by atoms with van der Waals surface area (Å²) in [6, 6.07) is 11.3. The summed E-state index contributed by atoms with van der Waals surface area (Å²) in [5.41, 5.74) is 1.46. The Hall–Kier alpha value is -0.860. The molecule has 2 nitrogen and oxygen atoms in total. The third kappa shape index (κ3) is 2.80. The SMILES string of the molecule is CC1CC(Cc2ccccc2)CCN1N. The van der Waals surface area contributed by atoms with E-state index in [9.17, 15) is 0 Å². The lowest BCUT2D eigenvalue weighted by Crippen LogP contribution is -2.45. The van der Waals surface area contributed by atoms with Gasteiger partial charge in [0.05, 0.1) is 0 Å². The van der Waals surface area contributed by atoms with E-state index in [2.05, 4.69) is 37.3 Å². The molecule has 2 unspecified atom stereocenters. The van der Waals surface area contributed by atoms with Gasteiger partial charge in [-0.15, -0.1) is 0 Å². The summed E-state index contributed by atoms with van der Waals surface area (Å²) in [4.78, 5) is 0. The molecule has 0 bridgehead atoms. The van der Waals surface area contributed by atoms with Gasteiger partial charge >= 0.3 is 0 Å². The quantitative estimate of drug-likeness (QED) is 0.748. The van der Waals surface area contributed by atoms with E-state index < -0.39 is 0 Å². The predicted molar refractivity (Wildman–Crippen MR) is 63.2 cm³/mol. The molecule has 0 aliphatic carbocycles. The van der Waals surface area contributed by atoms with Gasteiger partial charge < -0.3 is 0 Å². The molecule has 0 aromatic heterocycles. The fourth-order valence-electron chi connectivity index (χ4n) is 2.42. The van der Waals surface area contributed by atoms with E-state index in [1.54, 1.807) is 0 Å². The average molecular weight is 204 g/mol. The molecular weight excluding hydrogens is 184 g/mol. The molecule has 2 atom stereocenters. The van der Waals surface area contributed by atoms with Crippen molar-refractivity contribution in [3.05, 3.63) is 35.9 Å². The Bertz CT molecular complexity index is 297. The minimum atomic E-state index is 0.535. The van der Waals surface area contributed by atoms with E-state index in [4.69, 9.17) is 5.84 Å². The molecule has 0 radical (unpaired) electrons. The van der Waals surface area contributed by atoms with Crippen LogP contribution in [-0.2, 0) is 6.42 Å². The minimum Gasteiger partial charge on any atom is -0.269 e. The third-order valence-electron chi connectivity index (χ3n) is 3.40. The van der Waals surface area contributed by atoms with Crippen molar-refractivity contribution >= 4 is 0 Å². The van der Waals surface area contributed by atoms with E-state index in [0.29, 0.717) is 6.04 Å². The molecule has 1 aromatic carbocycles. The van der Waals surface area contributed by atoms with Crippen molar-refractivity contribution in [2.45, 2.75) is 32.2 Å². The first-order valence-electron chi connectivity index (χ1n) is 5.81. The molecule has 1 aliphatic rings. The molecule has 2 N–H and O–H groups in total. The van der Waals surface area contributed by atoms with E-state index in [0.717, 1.165) is 12.5 Å². The lowest BCUT2D eigenvalue weighted by molar-refractivity contribution is 0.124. The first kappa shape index (κ1) is 10.7. The molecule has 1 saturated heterocycles. The Labute approximate surface area is 92.1 Å². The molecular formula is C13H20N2. The summed E-state index contributed by atoms with van der Waals surface area (Å²) in [5, 5.41) is 1.97. The Balaban J connectivity index is 1.91. The maximum absolute atomic E-state index is 5.87. The van der Waals surface area contributed by atoms with Gasteiger partial charge in [0.15, 0.2) is 0 Å². The number of piperidine rings is 1. The molecule has 1 aliphatic heterocycles. The second-order valence-electron chi connectivity index (χ2n) is 4.67. The first-order valence-corrected chi connectivity index (χ1v) is 5.81. The number of hydrazine groups is 1. The molecule has 0 spiro atoms. The first-order chi connectivity index (χ1) is 7.25. The monoisotopic (exact) mass is 204 g/mol. The van der Waals surface area contributed by atoms with Crippen LogP contribution in [0.4, 0.5) is 0 Å². The molecule has 1 fully saturated rings. The highest BCUT2D eigenvalue weighted by atomic mass is 15.4. The lowest BCUT2D eigenvalue weighted by atomic mass is 9.87. The van der Waals surface area contributed by atoms with Crippen LogP contribution in [0.3, 0.4) is 0 Å². The highest BCUT2D eigenvalue weighted by Crippen LogP contribution is 2.23. The molecule has 82 valence electrons. The second-order valence-corrected chi connectivity index (χ2v) is 4.67. The van der Waals surface area contributed by atoms with Crippen molar-refractivity contribution in [3.8, 4) is 0 Å². The van der Waals surface area contributed by atoms with Gasteiger partial charge in [-0.05, 0) is 37.7 Å².